The van der Waals surface area contributed by atoms with Gasteiger partial charge in [-0.15, -0.1) is 0 Å². The van der Waals surface area contributed by atoms with E-state index in [1.54, 1.807) is 0 Å². The van der Waals surface area contributed by atoms with Crippen LogP contribution in [0.3, 0.4) is 0 Å². The minimum absolute atomic E-state index is 0.114. The van der Waals surface area contributed by atoms with Crippen molar-refractivity contribution < 1.29 is 22.9 Å². The zero-order chi connectivity index (χ0) is 22.1. The summed E-state index contributed by atoms with van der Waals surface area (Å²) in [6, 6.07) is 3.59. The Labute approximate surface area is 177 Å². The number of nitrogens with zero attached hydrogens (tertiary/aromatic N) is 1. The molecule has 0 unspecified atom stereocenters. The topological polar surface area (TPSA) is 140 Å². The number of benzene rings is 1. The van der Waals surface area contributed by atoms with Gasteiger partial charge in [-0.3, -0.25) is 14.9 Å². The molecule has 0 atom stereocenters. The maximum absolute atomic E-state index is 12.7. The predicted molar refractivity (Wildman–Crippen MR) is 113 cm³/mol. The first-order chi connectivity index (χ1) is 14.2. The Kier molecular flexibility index (Phi) is 9.00. The fourth-order valence-electron chi connectivity index (χ4n) is 3.34. The number of hydrogen-bond donors (Lipinski definition) is 3. The number of rotatable bonds is 11. The summed E-state index contributed by atoms with van der Waals surface area (Å²) in [6.07, 6.45) is 3.54. The molecule has 10 nitrogen and oxygen atoms in total. The van der Waals surface area contributed by atoms with Crippen molar-refractivity contribution in [2.24, 2.45) is 5.92 Å². The van der Waals surface area contributed by atoms with E-state index in [1.807, 2.05) is 0 Å². The van der Waals surface area contributed by atoms with Crippen LogP contribution in [0, 0.1) is 16.0 Å². The van der Waals surface area contributed by atoms with Crippen LogP contribution in [-0.2, 0) is 19.6 Å². The highest BCUT2D eigenvalue weighted by atomic mass is 32.2. The zero-order valence-electron chi connectivity index (χ0n) is 17.3. The van der Waals surface area contributed by atoms with Gasteiger partial charge >= 0.3 is 0 Å². The highest BCUT2D eigenvalue weighted by molar-refractivity contribution is 7.89. The molecule has 1 fully saturated rings. The van der Waals surface area contributed by atoms with E-state index in [0.29, 0.717) is 19.1 Å². The summed E-state index contributed by atoms with van der Waals surface area (Å²) in [5, 5.41) is 16.9. The summed E-state index contributed by atoms with van der Waals surface area (Å²) >= 11 is 0. The Morgan fingerprint density at radius 1 is 1.23 bits per heavy atom. The maximum atomic E-state index is 12.7. The van der Waals surface area contributed by atoms with Crippen LogP contribution in [0.4, 0.5) is 11.4 Å². The monoisotopic (exact) mass is 442 g/mol. The lowest BCUT2D eigenvalue weighted by Crippen LogP contribution is -2.37. The summed E-state index contributed by atoms with van der Waals surface area (Å²) in [4.78, 5) is 22.4. The second-order valence-electron chi connectivity index (χ2n) is 7.53. The molecule has 0 aromatic heterocycles. The molecule has 3 N–H and O–H groups in total. The third-order valence-corrected chi connectivity index (χ3v) is 6.63. The second kappa shape index (κ2) is 11.2. The minimum atomic E-state index is -3.86. The van der Waals surface area contributed by atoms with E-state index < -0.39 is 14.9 Å². The van der Waals surface area contributed by atoms with Crippen LogP contribution in [0.15, 0.2) is 23.1 Å². The number of nitro groups is 1. The number of carbonyl (C=O) groups excluding carboxylic acids is 1. The van der Waals surface area contributed by atoms with Crippen LogP contribution in [0.5, 0.6) is 0 Å². The lowest BCUT2D eigenvalue weighted by molar-refractivity contribution is -0.384. The Morgan fingerprint density at radius 3 is 2.57 bits per heavy atom. The Hall–Kier alpha value is -2.24. The van der Waals surface area contributed by atoms with Crippen LogP contribution >= 0.6 is 0 Å². The average Bonchev–Trinajstić information content (AvgIpc) is 2.69. The number of hydrogen-bond acceptors (Lipinski definition) is 7. The molecule has 2 rings (SSSR count). The summed E-state index contributed by atoms with van der Waals surface area (Å²) in [5.74, 6) is 0.367. The van der Waals surface area contributed by atoms with Gasteiger partial charge in [-0.2, -0.15) is 0 Å². The lowest BCUT2D eigenvalue weighted by Gasteiger charge is -2.26. The molecule has 0 radical (unpaired) electrons. The predicted octanol–water partition coefficient (Wildman–Crippen LogP) is 2.02. The molecule has 0 bridgehead atoms. The average molecular weight is 443 g/mol. The molecular formula is C19H30N4O6S. The number of sulfonamides is 1. The van der Waals surface area contributed by atoms with Crippen LogP contribution in [0.2, 0.25) is 0 Å². The van der Waals surface area contributed by atoms with Gasteiger partial charge in [0.1, 0.15) is 5.69 Å². The quantitative estimate of drug-likeness (QED) is 0.270. The minimum Gasteiger partial charge on any atom is -0.383 e. The first kappa shape index (κ1) is 24.0. The highest BCUT2D eigenvalue weighted by Gasteiger charge is 2.26. The standard InChI is InChI=1S/C19H30N4O6S/c1-14-3-5-15(6-4-14)22-30(27,28)16-7-8-17(18(13-16)23(25)26)20-10-9-19(24)21-11-12-29-2/h7-8,13-15,20,22H,3-6,9-12H2,1-2H3,(H,21,24). The normalized spacial score (nSPS) is 19.3. The Balaban J connectivity index is 2.01. The summed E-state index contributed by atoms with van der Waals surface area (Å²) < 4.78 is 32.9. The second-order valence-corrected chi connectivity index (χ2v) is 9.25. The number of nitro benzene ring substituents is 1. The van der Waals surface area contributed by atoms with E-state index in [1.165, 1.54) is 19.2 Å². The number of amides is 1. The van der Waals surface area contributed by atoms with Gasteiger partial charge in [-0.25, -0.2) is 13.1 Å². The highest BCUT2D eigenvalue weighted by Crippen LogP contribution is 2.29. The van der Waals surface area contributed by atoms with Gasteiger partial charge in [0.05, 0.1) is 16.4 Å². The Bertz CT molecular complexity index is 837. The molecule has 1 aromatic rings. The summed E-state index contributed by atoms with van der Waals surface area (Å²) in [5.41, 5.74) is -0.190. The molecule has 1 aromatic carbocycles. The SMILES string of the molecule is COCCNC(=O)CCNc1ccc(S(=O)(=O)NC2CCC(C)CC2)cc1[N+](=O)[O-]. The van der Waals surface area contributed by atoms with Crippen molar-refractivity contribution in [1.29, 1.82) is 0 Å². The van der Waals surface area contributed by atoms with E-state index in [0.717, 1.165) is 31.7 Å². The third-order valence-electron chi connectivity index (χ3n) is 5.11. The van der Waals surface area contributed by atoms with Crippen molar-refractivity contribution in [1.82, 2.24) is 10.0 Å². The van der Waals surface area contributed by atoms with E-state index in [4.69, 9.17) is 4.74 Å². The first-order valence-electron chi connectivity index (χ1n) is 10.0. The van der Waals surface area contributed by atoms with Gasteiger partial charge in [0.2, 0.25) is 15.9 Å². The van der Waals surface area contributed by atoms with Gasteiger partial charge in [0, 0.05) is 38.7 Å². The molecule has 1 saturated carbocycles. The zero-order valence-corrected chi connectivity index (χ0v) is 18.2. The molecule has 1 aliphatic rings. The molecule has 0 saturated heterocycles. The van der Waals surface area contributed by atoms with Gasteiger partial charge in [0.15, 0.2) is 0 Å². The molecule has 30 heavy (non-hydrogen) atoms. The molecule has 0 heterocycles. The fourth-order valence-corrected chi connectivity index (χ4v) is 4.66. The van der Waals surface area contributed by atoms with Crippen molar-refractivity contribution in [3.63, 3.8) is 0 Å². The number of carbonyl (C=O) groups is 1. The number of methoxy groups -OCH3 is 1. The molecule has 1 aliphatic carbocycles. The van der Waals surface area contributed by atoms with Crippen molar-refractivity contribution in [2.75, 3.05) is 32.1 Å². The number of ether oxygens (including phenoxy) is 1. The van der Waals surface area contributed by atoms with E-state index in [9.17, 15) is 23.3 Å². The van der Waals surface area contributed by atoms with Crippen molar-refractivity contribution in [2.45, 2.75) is 50.0 Å². The fraction of sp³-hybridized carbons (Fsp3) is 0.632. The van der Waals surface area contributed by atoms with Crippen LogP contribution in [0.1, 0.15) is 39.0 Å². The molecule has 0 aliphatic heterocycles. The third kappa shape index (κ3) is 7.22. The largest absolute Gasteiger partial charge is 0.383 e. The molecule has 11 heteroatoms. The van der Waals surface area contributed by atoms with E-state index in [-0.39, 0.29) is 41.2 Å². The van der Waals surface area contributed by atoms with Crippen molar-refractivity contribution in [3.8, 4) is 0 Å². The summed E-state index contributed by atoms with van der Waals surface area (Å²) in [7, 11) is -2.33. The van der Waals surface area contributed by atoms with Crippen LogP contribution < -0.4 is 15.4 Å². The van der Waals surface area contributed by atoms with Crippen molar-refractivity contribution in [3.05, 3.63) is 28.3 Å². The molecule has 0 spiro atoms. The van der Waals surface area contributed by atoms with E-state index >= 15 is 0 Å². The van der Waals surface area contributed by atoms with Crippen LogP contribution in [-0.4, -0.2) is 52.1 Å². The van der Waals surface area contributed by atoms with Crippen molar-refractivity contribution >= 4 is 27.3 Å². The number of nitrogens with one attached hydrogen (secondary N) is 3. The van der Waals surface area contributed by atoms with Gasteiger partial charge in [-0.05, 0) is 43.7 Å². The first-order valence-corrected chi connectivity index (χ1v) is 11.5. The van der Waals surface area contributed by atoms with Gasteiger partial charge in [0.25, 0.3) is 5.69 Å². The number of anilines is 1. The molecule has 1 amide bonds. The van der Waals surface area contributed by atoms with Crippen LogP contribution in [0.25, 0.3) is 0 Å². The van der Waals surface area contributed by atoms with Gasteiger partial charge < -0.3 is 15.4 Å². The smallest absolute Gasteiger partial charge is 0.293 e. The summed E-state index contributed by atoms with van der Waals surface area (Å²) in [6.45, 7) is 3.09. The lowest BCUT2D eigenvalue weighted by atomic mass is 9.88. The maximum Gasteiger partial charge on any atom is 0.293 e. The molecular weight excluding hydrogens is 412 g/mol. The van der Waals surface area contributed by atoms with Gasteiger partial charge in [-0.1, -0.05) is 6.92 Å². The van der Waals surface area contributed by atoms with E-state index in [2.05, 4.69) is 22.3 Å². The Morgan fingerprint density at radius 2 is 1.93 bits per heavy atom. The molecule has 168 valence electrons.